The third kappa shape index (κ3) is 5.90. The van der Waals surface area contributed by atoms with Crippen LogP contribution >= 0.6 is 11.6 Å². The number of aliphatic hydroxyl groups is 1. The minimum Gasteiger partial charge on any atom is -0.456 e. The summed E-state index contributed by atoms with van der Waals surface area (Å²) in [6.07, 6.45) is 7.70. The molecule has 5 aliphatic rings. The normalized spacial score (nSPS) is 39.2. The molecule has 2 aliphatic heterocycles. The van der Waals surface area contributed by atoms with Gasteiger partial charge >= 0.3 is 17.9 Å². The van der Waals surface area contributed by atoms with Crippen molar-refractivity contribution in [2.45, 2.75) is 88.6 Å². The lowest BCUT2D eigenvalue weighted by atomic mass is 9.57. The molecule has 10 heteroatoms. The van der Waals surface area contributed by atoms with E-state index in [9.17, 15) is 19.5 Å². The SMILES string of the molecule is CO[C@H]1CC2C=C[C@H]3[C@H]4O[C@]2(/C(C)=C/[C@@H](C)[C@@H]([C@@H](C)OC(=O)c2cccc(CCl)c2)OC1=O)[C@@H]3[C@H](O)[C@@H](C)[C@H]4OC(=O)C1=CC=CC1. The second kappa shape index (κ2) is 13.3. The molecular weight excluding hydrogens is 624 g/mol. The number of hydrogen-bond acceptors (Lipinski definition) is 9. The Morgan fingerprint density at radius 3 is 2.68 bits per heavy atom. The third-order valence-electron chi connectivity index (χ3n) is 10.7. The lowest BCUT2D eigenvalue weighted by molar-refractivity contribution is -0.173. The van der Waals surface area contributed by atoms with Crippen molar-refractivity contribution in [3.05, 3.63) is 83.0 Å². The number of esters is 3. The van der Waals surface area contributed by atoms with Gasteiger partial charge in [0.25, 0.3) is 0 Å². The zero-order valence-corrected chi connectivity index (χ0v) is 28.1. The Labute approximate surface area is 280 Å². The Balaban J connectivity index is 1.33. The van der Waals surface area contributed by atoms with Crippen molar-refractivity contribution in [3.8, 4) is 0 Å². The van der Waals surface area contributed by atoms with Gasteiger partial charge in [0.2, 0.25) is 0 Å². The largest absolute Gasteiger partial charge is 0.456 e. The molecule has 0 aromatic heterocycles. The number of cyclic esters (lactones) is 1. The molecule has 47 heavy (non-hydrogen) atoms. The van der Waals surface area contributed by atoms with E-state index in [1.54, 1.807) is 31.2 Å². The standard InChI is InChI=1S/C37H43ClO9/c1-19-15-20(2)37-26(13-14-27-29(37)30(39)21(3)32(33(27)47-37)46-34(40)24-10-6-7-11-24)17-28(43-5)36(42)45-31(19)22(4)44-35(41)25-12-8-9-23(16-25)18-38/h6-10,12-16,19,21-22,26-33,39H,11,17-18H2,1-5H3/b20-15+/t19-,21-,22-,26?,27-,28+,29+,30-,31+,32-,33-,37+/m1/s1. The highest BCUT2D eigenvalue weighted by Crippen LogP contribution is 2.61. The number of aliphatic hydroxyl groups excluding tert-OH is 1. The van der Waals surface area contributed by atoms with E-state index >= 15 is 0 Å². The van der Waals surface area contributed by atoms with Crippen LogP contribution in [-0.4, -0.2) is 72.3 Å². The molecule has 1 N–H and O–H groups in total. The van der Waals surface area contributed by atoms with Crippen molar-refractivity contribution in [2.75, 3.05) is 7.11 Å². The zero-order chi connectivity index (χ0) is 33.6. The summed E-state index contributed by atoms with van der Waals surface area (Å²) in [5.74, 6) is -2.98. The van der Waals surface area contributed by atoms with Crippen LogP contribution in [0.1, 0.15) is 56.5 Å². The topological polar surface area (TPSA) is 118 Å². The molecule has 1 spiro atoms. The number of carbonyl (C=O) groups is 3. The molecule has 2 fully saturated rings. The first-order valence-corrected chi connectivity index (χ1v) is 16.9. The zero-order valence-electron chi connectivity index (χ0n) is 27.3. The van der Waals surface area contributed by atoms with Gasteiger partial charge in [-0.1, -0.05) is 62.4 Å². The van der Waals surface area contributed by atoms with Crippen molar-refractivity contribution < 1.29 is 43.2 Å². The molecule has 12 atom stereocenters. The minimum absolute atomic E-state index is 0.208. The maximum atomic E-state index is 13.7. The van der Waals surface area contributed by atoms with E-state index in [0.717, 1.165) is 11.1 Å². The smallest absolute Gasteiger partial charge is 0.338 e. The number of halogens is 1. The van der Waals surface area contributed by atoms with E-state index in [1.165, 1.54) is 7.11 Å². The summed E-state index contributed by atoms with van der Waals surface area (Å²) < 4.78 is 30.8. The second-order valence-electron chi connectivity index (χ2n) is 13.5. The first-order chi connectivity index (χ1) is 22.5. The molecule has 4 bridgehead atoms. The van der Waals surface area contributed by atoms with Crippen molar-refractivity contribution in [2.24, 2.45) is 29.6 Å². The van der Waals surface area contributed by atoms with Crippen molar-refractivity contribution in [1.82, 2.24) is 0 Å². The number of ether oxygens (including phenoxy) is 5. The molecule has 1 aromatic rings. The fraction of sp³-hybridized carbons (Fsp3) is 0.541. The highest BCUT2D eigenvalue weighted by Gasteiger charge is 2.69. The molecule has 6 rings (SSSR count). The number of alkyl halides is 1. The van der Waals surface area contributed by atoms with E-state index in [4.69, 9.17) is 35.3 Å². The summed E-state index contributed by atoms with van der Waals surface area (Å²) in [4.78, 5) is 39.9. The molecule has 1 unspecified atom stereocenters. The van der Waals surface area contributed by atoms with Crippen LogP contribution in [0.3, 0.4) is 0 Å². The van der Waals surface area contributed by atoms with E-state index < -0.39 is 66.1 Å². The van der Waals surface area contributed by atoms with Gasteiger partial charge < -0.3 is 28.8 Å². The molecule has 1 saturated carbocycles. The van der Waals surface area contributed by atoms with Gasteiger partial charge in [-0.05, 0) is 50.0 Å². The average molecular weight is 667 g/mol. The Bertz CT molecular complexity index is 1530. The lowest BCUT2D eigenvalue weighted by Crippen LogP contribution is -2.57. The van der Waals surface area contributed by atoms with E-state index in [0.29, 0.717) is 17.6 Å². The maximum absolute atomic E-state index is 13.7. The van der Waals surface area contributed by atoms with Gasteiger partial charge in [-0.15, -0.1) is 11.6 Å². The Kier molecular flexibility index (Phi) is 9.55. The molecule has 3 aliphatic carbocycles. The first kappa shape index (κ1) is 33.7. The van der Waals surface area contributed by atoms with Crippen molar-refractivity contribution >= 4 is 29.5 Å². The number of allylic oxidation sites excluding steroid dienone is 3. The third-order valence-corrected chi connectivity index (χ3v) is 11.1. The van der Waals surface area contributed by atoms with Crippen LogP contribution in [0.25, 0.3) is 0 Å². The fourth-order valence-corrected chi connectivity index (χ4v) is 8.53. The van der Waals surface area contributed by atoms with Crippen LogP contribution < -0.4 is 0 Å². The molecule has 0 amide bonds. The van der Waals surface area contributed by atoms with Gasteiger partial charge in [0.1, 0.15) is 30.0 Å². The van der Waals surface area contributed by atoms with Gasteiger partial charge in [0.15, 0.2) is 6.10 Å². The molecular formula is C37H43ClO9. The Morgan fingerprint density at radius 2 is 1.98 bits per heavy atom. The van der Waals surface area contributed by atoms with E-state index in [2.05, 4.69) is 0 Å². The van der Waals surface area contributed by atoms with E-state index in [-0.39, 0.29) is 36.0 Å². The molecule has 1 aromatic carbocycles. The van der Waals surface area contributed by atoms with Crippen LogP contribution in [0.15, 0.2) is 71.9 Å². The first-order valence-electron chi connectivity index (χ1n) is 16.4. The molecule has 252 valence electrons. The van der Waals surface area contributed by atoms with Gasteiger partial charge in [0.05, 0.1) is 11.7 Å². The average Bonchev–Trinajstić information content (AvgIpc) is 3.67. The monoisotopic (exact) mass is 666 g/mol. The number of carbonyl (C=O) groups excluding carboxylic acids is 3. The molecule has 9 nitrogen and oxygen atoms in total. The quantitative estimate of drug-likeness (QED) is 0.180. The van der Waals surface area contributed by atoms with Crippen LogP contribution in [0, 0.1) is 29.6 Å². The van der Waals surface area contributed by atoms with Gasteiger partial charge in [-0.3, -0.25) is 0 Å². The number of rotatable bonds is 7. The Hall–Kier alpha value is -3.24. The summed E-state index contributed by atoms with van der Waals surface area (Å²) in [7, 11) is 1.46. The van der Waals surface area contributed by atoms with Crippen molar-refractivity contribution in [3.63, 3.8) is 0 Å². The summed E-state index contributed by atoms with van der Waals surface area (Å²) in [5, 5.41) is 11.9. The highest BCUT2D eigenvalue weighted by molar-refractivity contribution is 6.17. The number of methoxy groups -OCH3 is 1. The predicted molar refractivity (Wildman–Crippen MR) is 173 cm³/mol. The minimum atomic E-state index is -0.998. The molecule has 0 radical (unpaired) electrons. The summed E-state index contributed by atoms with van der Waals surface area (Å²) in [5.41, 5.74) is 1.57. The summed E-state index contributed by atoms with van der Waals surface area (Å²) in [6.45, 7) is 7.48. The predicted octanol–water partition coefficient (Wildman–Crippen LogP) is 5.25. The maximum Gasteiger partial charge on any atom is 0.338 e. The van der Waals surface area contributed by atoms with Crippen LogP contribution in [0.5, 0.6) is 0 Å². The van der Waals surface area contributed by atoms with Crippen LogP contribution in [0.2, 0.25) is 0 Å². The highest BCUT2D eigenvalue weighted by atomic mass is 35.5. The van der Waals surface area contributed by atoms with E-state index in [1.807, 2.05) is 57.2 Å². The lowest BCUT2D eigenvalue weighted by Gasteiger charge is -2.49. The van der Waals surface area contributed by atoms with Crippen LogP contribution in [0.4, 0.5) is 0 Å². The summed E-state index contributed by atoms with van der Waals surface area (Å²) >= 11 is 5.97. The van der Waals surface area contributed by atoms with Crippen LogP contribution in [-0.2, 0) is 39.2 Å². The molecule has 1 saturated heterocycles. The summed E-state index contributed by atoms with van der Waals surface area (Å²) in [6, 6.07) is 6.89. The fourth-order valence-electron chi connectivity index (χ4n) is 8.37. The van der Waals surface area contributed by atoms with Gasteiger partial charge in [0, 0.05) is 48.2 Å². The Morgan fingerprint density at radius 1 is 1.19 bits per heavy atom. The second-order valence-corrected chi connectivity index (χ2v) is 13.8. The number of hydrogen-bond donors (Lipinski definition) is 1. The van der Waals surface area contributed by atoms with Gasteiger partial charge in [-0.2, -0.15) is 0 Å². The van der Waals surface area contributed by atoms with Crippen molar-refractivity contribution in [1.29, 1.82) is 0 Å². The number of benzene rings is 1. The molecule has 2 heterocycles. The van der Waals surface area contributed by atoms with Gasteiger partial charge in [-0.25, -0.2) is 14.4 Å².